The molecule has 1 aromatic carbocycles. The first-order valence-corrected chi connectivity index (χ1v) is 7.28. The molecule has 0 N–H and O–H groups in total. The van der Waals surface area contributed by atoms with Crippen molar-refractivity contribution in [1.29, 1.82) is 0 Å². The summed E-state index contributed by atoms with van der Waals surface area (Å²) in [4.78, 5) is 20.2. The lowest BCUT2D eigenvalue weighted by Crippen LogP contribution is -2.24. The van der Waals surface area contributed by atoms with E-state index in [2.05, 4.69) is 9.97 Å². The molecule has 3 nitrogen and oxygen atoms in total. The van der Waals surface area contributed by atoms with Crippen LogP contribution in [0.4, 0.5) is 4.39 Å². The van der Waals surface area contributed by atoms with Crippen LogP contribution in [-0.4, -0.2) is 16.3 Å². The Kier molecular flexibility index (Phi) is 3.61. The third kappa shape index (κ3) is 2.34. The molecule has 0 bridgehead atoms. The SMILES string of the molecule is Cc1ncc(C2=C[C@](C=O)(c3cccc(F)c3C)CC2)cn1. The Morgan fingerprint density at radius 2 is 1.95 bits per heavy atom. The van der Waals surface area contributed by atoms with Gasteiger partial charge in [0.15, 0.2) is 0 Å². The maximum Gasteiger partial charge on any atom is 0.134 e. The van der Waals surface area contributed by atoms with Crippen LogP contribution in [0.2, 0.25) is 0 Å². The Labute approximate surface area is 128 Å². The number of nitrogens with zero attached hydrogens (tertiary/aromatic N) is 2. The molecule has 0 spiro atoms. The summed E-state index contributed by atoms with van der Waals surface area (Å²) in [7, 11) is 0. The van der Waals surface area contributed by atoms with E-state index in [4.69, 9.17) is 0 Å². The maximum atomic E-state index is 13.8. The number of allylic oxidation sites excluding steroid dienone is 2. The van der Waals surface area contributed by atoms with Crippen molar-refractivity contribution in [3.63, 3.8) is 0 Å². The van der Waals surface area contributed by atoms with Crippen LogP contribution in [0, 0.1) is 19.7 Å². The molecule has 1 aliphatic rings. The van der Waals surface area contributed by atoms with E-state index in [9.17, 15) is 9.18 Å². The molecular weight excluding hydrogens is 279 g/mol. The molecule has 0 amide bonds. The minimum atomic E-state index is -0.758. The molecule has 1 aromatic heterocycles. The maximum absolute atomic E-state index is 13.8. The number of halogens is 1. The predicted molar refractivity (Wildman–Crippen MR) is 82.9 cm³/mol. The number of carbonyl (C=O) groups is 1. The summed E-state index contributed by atoms with van der Waals surface area (Å²) in [5.74, 6) is 0.434. The Balaban J connectivity index is 2.07. The highest BCUT2D eigenvalue weighted by molar-refractivity contribution is 5.82. The normalized spacial score (nSPS) is 20.8. The van der Waals surface area contributed by atoms with Crippen molar-refractivity contribution in [3.8, 4) is 0 Å². The van der Waals surface area contributed by atoms with E-state index in [-0.39, 0.29) is 5.82 Å². The summed E-state index contributed by atoms with van der Waals surface area (Å²) in [6.45, 7) is 3.55. The van der Waals surface area contributed by atoms with Crippen LogP contribution < -0.4 is 0 Å². The standard InChI is InChI=1S/C18H17FN2O/c1-12-16(4-3-5-17(12)19)18(11-22)7-6-14(8-18)15-9-20-13(2)21-10-15/h3-5,8-11H,6-7H2,1-2H3/t18-/m1/s1. The number of rotatable bonds is 3. The Morgan fingerprint density at radius 3 is 2.64 bits per heavy atom. The summed E-state index contributed by atoms with van der Waals surface area (Å²) >= 11 is 0. The lowest BCUT2D eigenvalue weighted by Gasteiger charge is -2.23. The van der Waals surface area contributed by atoms with E-state index in [1.807, 2.05) is 19.1 Å². The van der Waals surface area contributed by atoms with Gasteiger partial charge in [0.1, 0.15) is 17.9 Å². The van der Waals surface area contributed by atoms with Crippen molar-refractivity contribution in [2.45, 2.75) is 32.1 Å². The first kappa shape index (κ1) is 14.6. The van der Waals surface area contributed by atoms with Crippen molar-refractivity contribution in [2.24, 2.45) is 0 Å². The van der Waals surface area contributed by atoms with E-state index in [1.165, 1.54) is 6.07 Å². The summed E-state index contributed by atoms with van der Waals surface area (Å²) in [6.07, 6.45) is 7.80. The molecule has 0 fully saturated rings. The number of hydrogen-bond acceptors (Lipinski definition) is 3. The van der Waals surface area contributed by atoms with Crippen molar-refractivity contribution in [1.82, 2.24) is 9.97 Å². The molecule has 2 aromatic rings. The predicted octanol–water partition coefficient (Wildman–Crippen LogP) is 3.55. The van der Waals surface area contributed by atoms with Crippen LogP contribution in [0.1, 0.15) is 35.4 Å². The van der Waals surface area contributed by atoms with Crippen molar-refractivity contribution >= 4 is 11.9 Å². The van der Waals surface area contributed by atoms with Gasteiger partial charge in [0.2, 0.25) is 0 Å². The van der Waals surface area contributed by atoms with Gasteiger partial charge in [-0.1, -0.05) is 18.2 Å². The van der Waals surface area contributed by atoms with Crippen LogP contribution in [0.5, 0.6) is 0 Å². The second-order valence-corrected chi connectivity index (χ2v) is 5.76. The van der Waals surface area contributed by atoms with E-state index < -0.39 is 5.41 Å². The average molecular weight is 296 g/mol. The fourth-order valence-electron chi connectivity index (χ4n) is 3.06. The number of carbonyl (C=O) groups excluding carboxylic acids is 1. The Morgan fingerprint density at radius 1 is 1.23 bits per heavy atom. The van der Waals surface area contributed by atoms with Crippen molar-refractivity contribution in [3.05, 3.63) is 65.0 Å². The number of aryl methyl sites for hydroxylation is 1. The second kappa shape index (κ2) is 5.44. The molecule has 0 saturated carbocycles. The smallest absolute Gasteiger partial charge is 0.134 e. The van der Waals surface area contributed by atoms with Gasteiger partial charge in [0.25, 0.3) is 0 Å². The van der Waals surface area contributed by atoms with Crippen LogP contribution in [0.25, 0.3) is 5.57 Å². The molecule has 4 heteroatoms. The van der Waals surface area contributed by atoms with E-state index in [0.717, 1.165) is 29.4 Å². The molecule has 22 heavy (non-hydrogen) atoms. The quantitative estimate of drug-likeness (QED) is 0.814. The summed E-state index contributed by atoms with van der Waals surface area (Å²) < 4.78 is 13.8. The van der Waals surface area contributed by atoms with E-state index in [0.29, 0.717) is 17.8 Å². The summed E-state index contributed by atoms with van der Waals surface area (Å²) in [6, 6.07) is 4.91. The Bertz CT molecular complexity index is 752. The topological polar surface area (TPSA) is 42.9 Å². The van der Waals surface area contributed by atoms with Crippen molar-refractivity contribution in [2.75, 3.05) is 0 Å². The molecule has 1 aliphatic carbocycles. The molecule has 0 saturated heterocycles. The third-order valence-corrected chi connectivity index (χ3v) is 4.37. The fourth-order valence-corrected chi connectivity index (χ4v) is 3.06. The molecule has 0 unspecified atom stereocenters. The van der Waals surface area contributed by atoms with Gasteiger partial charge in [-0.3, -0.25) is 0 Å². The van der Waals surface area contributed by atoms with Gasteiger partial charge in [-0.2, -0.15) is 0 Å². The molecule has 1 heterocycles. The summed E-state index contributed by atoms with van der Waals surface area (Å²) in [5.41, 5.74) is 2.48. The first-order valence-electron chi connectivity index (χ1n) is 7.28. The Hall–Kier alpha value is -2.36. The average Bonchev–Trinajstić information content (AvgIpc) is 2.96. The zero-order valence-corrected chi connectivity index (χ0v) is 12.6. The number of benzene rings is 1. The van der Waals surface area contributed by atoms with Crippen LogP contribution >= 0.6 is 0 Å². The van der Waals surface area contributed by atoms with Gasteiger partial charge < -0.3 is 4.79 Å². The fraction of sp³-hybridized carbons (Fsp3) is 0.278. The number of hydrogen-bond donors (Lipinski definition) is 0. The molecule has 3 rings (SSSR count). The third-order valence-electron chi connectivity index (χ3n) is 4.37. The number of aromatic nitrogens is 2. The first-order chi connectivity index (χ1) is 10.6. The lowest BCUT2D eigenvalue weighted by molar-refractivity contribution is -0.111. The highest BCUT2D eigenvalue weighted by Gasteiger charge is 2.36. The number of aldehydes is 1. The van der Waals surface area contributed by atoms with E-state index in [1.54, 1.807) is 25.4 Å². The molecule has 0 radical (unpaired) electrons. The highest BCUT2D eigenvalue weighted by atomic mass is 19.1. The molecular formula is C18H17FN2O. The van der Waals surface area contributed by atoms with Gasteiger partial charge in [-0.25, -0.2) is 14.4 Å². The summed E-state index contributed by atoms with van der Waals surface area (Å²) in [5, 5.41) is 0. The largest absolute Gasteiger partial charge is 0.302 e. The lowest BCUT2D eigenvalue weighted by atomic mass is 9.79. The zero-order valence-electron chi connectivity index (χ0n) is 12.6. The van der Waals surface area contributed by atoms with Gasteiger partial charge in [-0.15, -0.1) is 0 Å². The molecule has 112 valence electrons. The molecule has 1 atom stereocenters. The monoisotopic (exact) mass is 296 g/mol. The van der Waals surface area contributed by atoms with E-state index >= 15 is 0 Å². The van der Waals surface area contributed by atoms with Crippen LogP contribution in [0.15, 0.2) is 36.7 Å². The van der Waals surface area contributed by atoms with Gasteiger partial charge in [-0.05, 0) is 49.5 Å². The highest BCUT2D eigenvalue weighted by Crippen LogP contribution is 2.42. The van der Waals surface area contributed by atoms with Gasteiger partial charge in [0, 0.05) is 18.0 Å². The second-order valence-electron chi connectivity index (χ2n) is 5.76. The van der Waals surface area contributed by atoms with Gasteiger partial charge >= 0.3 is 0 Å². The van der Waals surface area contributed by atoms with Crippen molar-refractivity contribution < 1.29 is 9.18 Å². The van der Waals surface area contributed by atoms with Gasteiger partial charge in [0.05, 0.1) is 5.41 Å². The van der Waals surface area contributed by atoms with Crippen LogP contribution in [0.3, 0.4) is 0 Å². The zero-order chi connectivity index (χ0) is 15.7. The minimum Gasteiger partial charge on any atom is -0.302 e. The minimum absolute atomic E-state index is 0.278. The molecule has 0 aliphatic heterocycles. The van der Waals surface area contributed by atoms with Crippen LogP contribution in [-0.2, 0) is 10.2 Å².